The first-order chi connectivity index (χ1) is 0. The average molecular weight is 131 g/mol. The summed E-state index contributed by atoms with van der Waals surface area (Å²) in [5.41, 5.74) is 0. The molecule has 0 amide bonds. The SMILES string of the molecule is [B].[H-].[Na+].[SiH3].[Zn]. The van der Waals surface area contributed by atoms with Gasteiger partial charge in [0.2, 0.25) is 0 Å². The molecule has 0 aliphatic carbocycles. The summed E-state index contributed by atoms with van der Waals surface area (Å²) >= 11 is 0. The fraction of sp³-hybridized carbons (Fsp3) is 0. The molecule has 0 N–H and O–H groups in total. The van der Waals surface area contributed by atoms with Crippen molar-refractivity contribution < 1.29 is 50.5 Å². The van der Waals surface area contributed by atoms with Crippen LogP contribution in [0.15, 0.2) is 0 Å². The summed E-state index contributed by atoms with van der Waals surface area (Å²) in [7, 11) is 0. The topological polar surface area (TPSA) is 0 Å². The van der Waals surface area contributed by atoms with Gasteiger partial charge in [0.15, 0.2) is 0 Å². The van der Waals surface area contributed by atoms with Crippen LogP contribution in [0.5, 0.6) is 0 Å². The molecule has 0 heterocycles. The molecule has 0 saturated carbocycles. The van der Waals surface area contributed by atoms with Crippen molar-refractivity contribution in [3.63, 3.8) is 0 Å². The van der Waals surface area contributed by atoms with Crippen molar-refractivity contribution in [2.24, 2.45) is 0 Å². The van der Waals surface area contributed by atoms with Gasteiger partial charge >= 0.3 is 29.6 Å². The molecule has 4 radical (unpaired) electrons. The zero-order chi connectivity index (χ0) is 0. The fourth-order valence-electron chi connectivity index (χ4n) is 0. The van der Waals surface area contributed by atoms with Gasteiger partial charge in [0.1, 0.15) is 0 Å². The van der Waals surface area contributed by atoms with Gasteiger partial charge in [-0.1, -0.05) is 0 Å². The normalized spacial score (nSPS) is 0. The van der Waals surface area contributed by atoms with Crippen molar-refractivity contribution in [3.05, 3.63) is 0 Å². The van der Waals surface area contributed by atoms with E-state index in [0.29, 0.717) is 0 Å². The van der Waals surface area contributed by atoms with Gasteiger partial charge in [-0.25, -0.2) is 0 Å². The summed E-state index contributed by atoms with van der Waals surface area (Å²) < 4.78 is 0. The fourth-order valence-corrected chi connectivity index (χ4v) is 0. The maximum Gasteiger partial charge on any atom is 1.00 e. The maximum absolute atomic E-state index is 0. The predicted octanol–water partition coefficient (Wildman–Crippen LogP) is -4.45. The van der Waals surface area contributed by atoms with Crippen LogP contribution in [0.3, 0.4) is 0 Å². The van der Waals surface area contributed by atoms with E-state index < -0.39 is 0 Å². The number of hydrogen-bond acceptors (Lipinski definition) is 0. The minimum absolute atomic E-state index is 0. The molecule has 4 heteroatoms. The van der Waals surface area contributed by atoms with Gasteiger partial charge < -0.3 is 1.43 Å². The Balaban J connectivity index is 0. The van der Waals surface area contributed by atoms with E-state index in [9.17, 15) is 0 Å². The Morgan fingerprint density at radius 1 is 1.25 bits per heavy atom. The van der Waals surface area contributed by atoms with E-state index >= 15 is 0 Å². The molecule has 0 nitrogen and oxygen atoms in total. The molecule has 0 saturated heterocycles. The van der Waals surface area contributed by atoms with Crippen LogP contribution < -0.4 is 29.6 Å². The summed E-state index contributed by atoms with van der Waals surface area (Å²) in [4.78, 5) is 0. The van der Waals surface area contributed by atoms with Gasteiger partial charge in [-0.15, -0.1) is 0 Å². The first-order valence-electron chi connectivity index (χ1n) is 0. The van der Waals surface area contributed by atoms with Crippen molar-refractivity contribution in [2.75, 3.05) is 0 Å². The summed E-state index contributed by atoms with van der Waals surface area (Å²) in [6.07, 6.45) is 0. The second-order valence-electron chi connectivity index (χ2n) is 0. The zero-order valence-corrected chi connectivity index (χ0v) is 10.3. The van der Waals surface area contributed by atoms with Gasteiger partial charge in [0.05, 0.1) is 0 Å². The second kappa shape index (κ2) is 20.6. The predicted molar refractivity (Wildman–Crippen MR) is 16.8 cm³/mol. The van der Waals surface area contributed by atoms with E-state index in [0.717, 1.165) is 0 Å². The van der Waals surface area contributed by atoms with E-state index in [-0.39, 0.29) is 69.8 Å². The van der Waals surface area contributed by atoms with Crippen LogP contribution in [-0.2, 0) is 19.5 Å². The Kier molecular flexibility index (Phi) is 202. The average Bonchev–Trinajstić information content (AvgIpc) is 0. The van der Waals surface area contributed by atoms with Crippen molar-refractivity contribution in [1.82, 2.24) is 0 Å². The monoisotopic (exact) mass is 130 g/mol. The second-order valence-corrected chi connectivity index (χ2v) is 0. The molecular weight excluding hydrogens is 127 g/mol. The molecule has 4 heavy (non-hydrogen) atoms. The number of hydrogen-bond donors (Lipinski definition) is 0. The summed E-state index contributed by atoms with van der Waals surface area (Å²) in [5, 5.41) is 0. The Hall–Kier alpha value is 1.91. The van der Waals surface area contributed by atoms with E-state index in [1.807, 2.05) is 0 Å². The van der Waals surface area contributed by atoms with Crippen molar-refractivity contribution in [3.8, 4) is 0 Å². The molecule has 0 atom stereocenters. The smallest absolute Gasteiger partial charge is 1.00 e. The molecular formula is H4BNaSiZn. The van der Waals surface area contributed by atoms with Crippen LogP contribution in [0.2, 0.25) is 0 Å². The molecule has 0 rings (SSSR count). The van der Waals surface area contributed by atoms with Crippen LogP contribution in [0.1, 0.15) is 1.43 Å². The quantitative estimate of drug-likeness (QED) is 0.291. The minimum atomic E-state index is 0. The minimum Gasteiger partial charge on any atom is -1.00 e. The third-order valence-electron chi connectivity index (χ3n) is 0. The number of rotatable bonds is 0. The van der Waals surface area contributed by atoms with Gasteiger partial charge in [-0.3, -0.25) is 0 Å². The van der Waals surface area contributed by atoms with Crippen molar-refractivity contribution in [1.29, 1.82) is 0 Å². The molecule has 14 valence electrons. The first-order valence-corrected chi connectivity index (χ1v) is 0. The third-order valence-corrected chi connectivity index (χ3v) is 0. The van der Waals surface area contributed by atoms with Crippen LogP contribution in [0.4, 0.5) is 0 Å². The molecule has 0 aliphatic heterocycles. The largest absolute Gasteiger partial charge is 1.00 e. The summed E-state index contributed by atoms with van der Waals surface area (Å²) in [6, 6.07) is 0. The molecule has 0 fully saturated rings. The summed E-state index contributed by atoms with van der Waals surface area (Å²) in [5.74, 6) is 0. The van der Waals surface area contributed by atoms with E-state index in [4.69, 9.17) is 0 Å². The summed E-state index contributed by atoms with van der Waals surface area (Å²) in [6.45, 7) is 0. The molecule has 0 aromatic carbocycles. The van der Waals surface area contributed by atoms with E-state index in [1.54, 1.807) is 0 Å². The Labute approximate surface area is 69.2 Å². The van der Waals surface area contributed by atoms with Gasteiger partial charge in [0, 0.05) is 27.9 Å². The Morgan fingerprint density at radius 3 is 1.25 bits per heavy atom. The van der Waals surface area contributed by atoms with Gasteiger partial charge in [-0.05, 0) is 11.0 Å². The van der Waals surface area contributed by atoms with Gasteiger partial charge in [-0.2, -0.15) is 0 Å². The maximum atomic E-state index is 0. The Bertz CT molecular complexity index is 11.6. The standard InChI is InChI=1S/B.Na.H3Si.Zn.H/h;;1H3;;/q;+1;;;-1. The molecule has 0 aliphatic rings. The van der Waals surface area contributed by atoms with Crippen LogP contribution in [-0.4, -0.2) is 19.4 Å². The first kappa shape index (κ1) is 39.1. The van der Waals surface area contributed by atoms with Crippen LogP contribution in [0, 0.1) is 0 Å². The van der Waals surface area contributed by atoms with Crippen LogP contribution in [0.25, 0.3) is 0 Å². The zero-order valence-electron chi connectivity index (χ0n) is 4.28. The molecule has 0 spiro atoms. The van der Waals surface area contributed by atoms with E-state index in [2.05, 4.69) is 0 Å². The van der Waals surface area contributed by atoms with Crippen molar-refractivity contribution in [2.45, 2.75) is 0 Å². The Morgan fingerprint density at radius 2 is 1.25 bits per heavy atom. The molecule has 0 aromatic heterocycles. The molecule has 0 bridgehead atoms. The molecule has 0 unspecified atom stereocenters. The molecule has 0 aromatic rings. The van der Waals surface area contributed by atoms with Crippen LogP contribution >= 0.6 is 0 Å². The van der Waals surface area contributed by atoms with Gasteiger partial charge in [0.25, 0.3) is 0 Å². The third kappa shape index (κ3) is 9.08. The van der Waals surface area contributed by atoms with E-state index in [1.165, 1.54) is 0 Å². The van der Waals surface area contributed by atoms with Crippen molar-refractivity contribution >= 4 is 19.4 Å².